The molecule has 0 saturated carbocycles. The molecular formula is C24H21Cl2N7O2. The van der Waals surface area contributed by atoms with Crippen LogP contribution in [0, 0.1) is 0 Å². The molecule has 1 aliphatic heterocycles. The summed E-state index contributed by atoms with van der Waals surface area (Å²) in [4.78, 5) is 34.9. The molecule has 178 valence electrons. The summed E-state index contributed by atoms with van der Waals surface area (Å²) in [5, 5.41) is 8.71. The quantitative estimate of drug-likeness (QED) is 0.408. The molecule has 2 aromatic carbocycles. The molecule has 0 spiro atoms. The molecule has 1 saturated heterocycles. The molecule has 11 heteroatoms. The fourth-order valence-corrected chi connectivity index (χ4v) is 4.67. The van der Waals surface area contributed by atoms with Crippen molar-refractivity contribution in [3.63, 3.8) is 0 Å². The third-order valence-corrected chi connectivity index (χ3v) is 6.58. The minimum atomic E-state index is -0.554. The van der Waals surface area contributed by atoms with Crippen LogP contribution in [0.5, 0.6) is 0 Å². The van der Waals surface area contributed by atoms with E-state index >= 15 is 0 Å². The summed E-state index contributed by atoms with van der Waals surface area (Å²) in [5.41, 5.74) is 8.28. The average molecular weight is 510 g/mol. The number of carbonyl (C=O) groups is 2. The lowest BCUT2D eigenvalue weighted by Crippen LogP contribution is -2.43. The molecule has 2 amide bonds. The second kappa shape index (κ2) is 9.52. The molecular weight excluding hydrogens is 489 g/mol. The molecule has 1 atom stereocenters. The summed E-state index contributed by atoms with van der Waals surface area (Å²) in [5.74, 6) is 0.419. The highest BCUT2D eigenvalue weighted by Crippen LogP contribution is 2.26. The van der Waals surface area contributed by atoms with Gasteiger partial charge >= 0.3 is 0 Å². The molecule has 0 radical (unpaired) electrons. The highest BCUT2D eigenvalue weighted by Gasteiger charge is 2.33. The first-order valence-corrected chi connectivity index (χ1v) is 11.8. The van der Waals surface area contributed by atoms with E-state index in [0.29, 0.717) is 52.4 Å². The van der Waals surface area contributed by atoms with Gasteiger partial charge in [0, 0.05) is 40.3 Å². The molecule has 2 aromatic heterocycles. The summed E-state index contributed by atoms with van der Waals surface area (Å²) in [7, 11) is 0. The molecule has 1 aliphatic rings. The average Bonchev–Trinajstić information content (AvgIpc) is 3.53. The Morgan fingerprint density at radius 3 is 2.66 bits per heavy atom. The van der Waals surface area contributed by atoms with Crippen LogP contribution in [0.15, 0.2) is 54.9 Å². The van der Waals surface area contributed by atoms with Gasteiger partial charge in [0.05, 0.1) is 5.69 Å². The zero-order valence-corrected chi connectivity index (χ0v) is 20.0. The largest absolute Gasteiger partial charge is 0.368 e. The molecule has 0 aliphatic carbocycles. The second-order valence-electron chi connectivity index (χ2n) is 8.22. The number of nitrogens with zero attached hydrogens (tertiary/aromatic N) is 5. The summed E-state index contributed by atoms with van der Waals surface area (Å²) in [6, 6.07) is 13.7. The molecule has 0 bridgehead atoms. The molecule has 5 rings (SSSR count). The van der Waals surface area contributed by atoms with Crippen LogP contribution < -0.4 is 11.1 Å². The zero-order valence-electron chi connectivity index (χ0n) is 18.5. The lowest BCUT2D eigenvalue weighted by Gasteiger charge is -2.22. The third kappa shape index (κ3) is 4.65. The molecule has 3 N–H and O–H groups in total. The molecule has 4 aromatic rings. The smallest absolute Gasteiger partial charge is 0.254 e. The third-order valence-electron chi connectivity index (χ3n) is 6.00. The first-order chi connectivity index (χ1) is 16.9. The van der Waals surface area contributed by atoms with Crippen molar-refractivity contribution in [1.29, 1.82) is 0 Å². The first-order valence-electron chi connectivity index (χ1n) is 11.0. The van der Waals surface area contributed by atoms with Gasteiger partial charge in [0.25, 0.3) is 11.7 Å². The summed E-state index contributed by atoms with van der Waals surface area (Å²) >= 11 is 12.3. The number of nitrogens with two attached hydrogens (primary N) is 1. The van der Waals surface area contributed by atoms with Gasteiger partial charge in [0.15, 0.2) is 0 Å². The number of halogens is 2. The Hall–Kier alpha value is -3.69. The number of likely N-dealkylation sites (tertiary alicyclic amines) is 1. The van der Waals surface area contributed by atoms with Gasteiger partial charge in [-0.1, -0.05) is 41.4 Å². The lowest BCUT2D eigenvalue weighted by molar-refractivity contribution is -0.121. The van der Waals surface area contributed by atoms with E-state index in [4.69, 9.17) is 28.9 Å². The van der Waals surface area contributed by atoms with Gasteiger partial charge in [-0.25, -0.2) is 4.98 Å². The predicted molar refractivity (Wildman–Crippen MR) is 133 cm³/mol. The Bertz CT molecular complexity index is 1420. The topological polar surface area (TPSA) is 119 Å². The lowest BCUT2D eigenvalue weighted by atomic mass is 10.1. The van der Waals surface area contributed by atoms with Gasteiger partial charge in [-0.3, -0.25) is 9.59 Å². The normalized spacial score (nSPS) is 15.5. The fraction of sp³-hybridized carbons (Fsp3) is 0.208. The predicted octanol–water partition coefficient (Wildman–Crippen LogP) is 3.80. The van der Waals surface area contributed by atoms with Crippen LogP contribution in [0.2, 0.25) is 10.0 Å². The second-order valence-corrected chi connectivity index (χ2v) is 9.07. The Morgan fingerprint density at radius 2 is 1.91 bits per heavy atom. The monoisotopic (exact) mass is 509 g/mol. The van der Waals surface area contributed by atoms with E-state index in [2.05, 4.69) is 20.4 Å². The number of anilines is 1. The van der Waals surface area contributed by atoms with Crippen molar-refractivity contribution in [2.24, 2.45) is 5.73 Å². The van der Waals surface area contributed by atoms with Crippen molar-refractivity contribution in [3.8, 4) is 11.3 Å². The summed E-state index contributed by atoms with van der Waals surface area (Å²) < 4.78 is 1.60. The molecule has 35 heavy (non-hydrogen) atoms. The van der Waals surface area contributed by atoms with E-state index in [1.807, 2.05) is 24.3 Å². The Balaban J connectivity index is 1.40. The van der Waals surface area contributed by atoms with E-state index < -0.39 is 11.9 Å². The SMILES string of the molecule is NC(=O)[C@@H]1CCCN1C(=O)c1ccc(-c2cc(NCc3ccc(Cl)cc3Cl)n3ncnc3n2)cc1. The van der Waals surface area contributed by atoms with Crippen LogP contribution in [0.25, 0.3) is 17.0 Å². The van der Waals surface area contributed by atoms with Crippen LogP contribution in [0.3, 0.4) is 0 Å². The van der Waals surface area contributed by atoms with Crippen molar-refractivity contribution in [2.75, 3.05) is 11.9 Å². The van der Waals surface area contributed by atoms with Gasteiger partial charge in [-0.2, -0.15) is 14.6 Å². The number of fused-ring (bicyclic) bond motifs is 1. The number of hydrogen-bond acceptors (Lipinski definition) is 6. The fourth-order valence-electron chi connectivity index (χ4n) is 4.19. The van der Waals surface area contributed by atoms with Gasteiger partial charge in [-0.15, -0.1) is 0 Å². The number of aromatic nitrogens is 4. The van der Waals surface area contributed by atoms with Gasteiger partial charge in [0.1, 0.15) is 18.2 Å². The number of amides is 2. The number of hydrogen-bond donors (Lipinski definition) is 2. The van der Waals surface area contributed by atoms with Gasteiger partial charge < -0.3 is 16.0 Å². The minimum Gasteiger partial charge on any atom is -0.368 e. The van der Waals surface area contributed by atoms with E-state index in [9.17, 15) is 9.59 Å². The number of benzene rings is 2. The number of rotatable bonds is 6. The van der Waals surface area contributed by atoms with Crippen LogP contribution in [0.1, 0.15) is 28.8 Å². The van der Waals surface area contributed by atoms with Crippen LogP contribution in [-0.2, 0) is 11.3 Å². The van der Waals surface area contributed by atoms with Crippen molar-refractivity contribution in [2.45, 2.75) is 25.4 Å². The van der Waals surface area contributed by atoms with E-state index in [-0.39, 0.29) is 5.91 Å². The minimum absolute atomic E-state index is 0.207. The molecule has 0 unspecified atom stereocenters. The van der Waals surface area contributed by atoms with Crippen LogP contribution >= 0.6 is 23.2 Å². The Kier molecular flexibility index (Phi) is 6.27. The zero-order chi connectivity index (χ0) is 24.5. The molecule has 1 fully saturated rings. The Morgan fingerprint density at radius 1 is 1.11 bits per heavy atom. The van der Waals surface area contributed by atoms with E-state index in [1.165, 1.54) is 6.33 Å². The van der Waals surface area contributed by atoms with Crippen LogP contribution in [-0.4, -0.2) is 48.9 Å². The standard InChI is InChI=1S/C24H21Cl2N7O2/c25-17-8-7-16(18(26)10-17)12-28-21-11-19(31-24-29-13-30-33(21)24)14-3-5-15(6-4-14)23(35)32-9-1-2-20(32)22(27)34/h3-8,10-11,13,20,28H,1-2,9,12H2,(H2,27,34)/t20-/m0/s1. The van der Waals surface area contributed by atoms with E-state index in [1.54, 1.807) is 33.7 Å². The maximum atomic E-state index is 12.9. The number of carbonyl (C=O) groups excluding carboxylic acids is 2. The van der Waals surface area contributed by atoms with Crippen molar-refractivity contribution < 1.29 is 9.59 Å². The first kappa shape index (κ1) is 23.1. The van der Waals surface area contributed by atoms with Crippen molar-refractivity contribution in [3.05, 3.63) is 76.0 Å². The highest BCUT2D eigenvalue weighted by molar-refractivity contribution is 6.35. The molecule has 3 heterocycles. The number of nitrogens with one attached hydrogen (secondary N) is 1. The number of primary amides is 1. The van der Waals surface area contributed by atoms with Gasteiger partial charge in [-0.05, 0) is 42.7 Å². The van der Waals surface area contributed by atoms with Gasteiger partial charge in [0.2, 0.25) is 5.91 Å². The maximum Gasteiger partial charge on any atom is 0.254 e. The van der Waals surface area contributed by atoms with E-state index in [0.717, 1.165) is 17.5 Å². The Labute approximate surface area is 210 Å². The summed E-state index contributed by atoms with van der Waals surface area (Å²) in [6.45, 7) is 0.963. The summed E-state index contributed by atoms with van der Waals surface area (Å²) in [6.07, 6.45) is 2.79. The molecule has 9 nitrogen and oxygen atoms in total. The highest BCUT2D eigenvalue weighted by atomic mass is 35.5. The van der Waals surface area contributed by atoms with Crippen molar-refractivity contribution >= 4 is 46.6 Å². The van der Waals surface area contributed by atoms with Crippen molar-refractivity contribution in [1.82, 2.24) is 24.5 Å². The maximum absolute atomic E-state index is 12.9. The van der Waals surface area contributed by atoms with Crippen LogP contribution in [0.4, 0.5) is 5.82 Å².